The predicted octanol–water partition coefficient (Wildman–Crippen LogP) is 19.1. The highest BCUT2D eigenvalue weighted by Gasteiger charge is 2.48. The summed E-state index contributed by atoms with van der Waals surface area (Å²) in [6.45, 7) is 36.9. The Hall–Kier alpha value is -6.38. The summed E-state index contributed by atoms with van der Waals surface area (Å²) in [4.78, 5) is 2.80. The molecule has 0 saturated heterocycles. The lowest BCUT2D eigenvalue weighted by Crippen LogP contribution is -2.62. The van der Waals surface area contributed by atoms with Crippen molar-refractivity contribution in [2.45, 2.75) is 200 Å². The van der Waals surface area contributed by atoms with Crippen LogP contribution in [0, 0.1) is 6.92 Å². The van der Waals surface area contributed by atoms with Gasteiger partial charge < -0.3 is 4.90 Å². The van der Waals surface area contributed by atoms with E-state index < -0.39 is 0 Å². The Morgan fingerprint density at radius 3 is 1.60 bits per heavy atom. The third-order valence-corrected chi connectivity index (χ3v) is 20.6. The SMILES string of the molecule is Cc1cc2c(cc1N1c3cc(CCC(c4ccccc4)c4ccccc4)ccc3B3c4cc5c(cc4C(CCc4ccc(C(C)(C)C)cc4-c4ccccc4)c4cc(C(C)(C)C)cc1c43)C(C)(C)CCC5(C)C)C(C)(C)CCC2(C)C. The molecule has 2 heterocycles. The lowest BCUT2D eigenvalue weighted by atomic mass is 9.30. The Kier molecular flexibility index (Phi) is 13.6. The Balaban J connectivity index is 1.11. The van der Waals surface area contributed by atoms with E-state index in [-0.39, 0.29) is 45.1 Å². The highest BCUT2D eigenvalue weighted by molar-refractivity contribution is 6.99. The van der Waals surface area contributed by atoms with E-state index in [4.69, 9.17) is 0 Å². The monoisotopic (exact) mass is 1060 g/mol. The zero-order valence-electron chi connectivity index (χ0n) is 51.9. The average Bonchev–Trinajstić information content (AvgIpc) is 3.61. The van der Waals surface area contributed by atoms with Crippen LogP contribution in [0.25, 0.3) is 11.1 Å². The number of nitrogens with zero attached hydrogens (tertiary/aromatic N) is 1. The molecule has 0 spiro atoms. The van der Waals surface area contributed by atoms with Gasteiger partial charge in [0.25, 0.3) is 0 Å². The number of hydrogen-bond acceptors (Lipinski definition) is 1. The van der Waals surface area contributed by atoms with Gasteiger partial charge in [-0.2, -0.15) is 0 Å². The maximum Gasteiger partial charge on any atom is 0.247 e. The molecular weight excluding hydrogens is 974 g/mol. The molecule has 81 heavy (non-hydrogen) atoms. The van der Waals surface area contributed by atoms with Crippen LogP contribution in [-0.4, -0.2) is 6.71 Å². The Bertz CT molecular complexity index is 3650. The Morgan fingerprint density at radius 2 is 1.02 bits per heavy atom. The Labute approximate surface area is 489 Å². The summed E-state index contributed by atoms with van der Waals surface area (Å²) in [5.41, 5.74) is 30.5. The molecule has 0 radical (unpaired) electrons. The van der Waals surface area contributed by atoms with Crippen molar-refractivity contribution in [3.05, 3.63) is 236 Å². The summed E-state index contributed by atoms with van der Waals surface area (Å²) >= 11 is 0. The number of anilines is 3. The second kappa shape index (κ2) is 19.9. The molecule has 2 heteroatoms. The molecule has 1 atom stereocenters. The zero-order valence-corrected chi connectivity index (χ0v) is 51.9. The third-order valence-electron chi connectivity index (χ3n) is 20.6. The maximum absolute atomic E-state index is 2.80. The minimum atomic E-state index is -0.0917. The smallest absolute Gasteiger partial charge is 0.247 e. The molecule has 414 valence electrons. The molecular formula is C79H90BN. The van der Waals surface area contributed by atoms with E-state index in [9.17, 15) is 0 Å². The fourth-order valence-corrected chi connectivity index (χ4v) is 15.2. The minimum Gasteiger partial charge on any atom is -0.311 e. The van der Waals surface area contributed by atoms with E-state index in [1.807, 2.05) is 0 Å². The summed E-state index contributed by atoms with van der Waals surface area (Å²) < 4.78 is 0. The van der Waals surface area contributed by atoms with Crippen LogP contribution in [0.1, 0.15) is 220 Å². The summed E-state index contributed by atoms with van der Waals surface area (Å²) in [7, 11) is 0. The van der Waals surface area contributed by atoms with Gasteiger partial charge in [0.1, 0.15) is 0 Å². The van der Waals surface area contributed by atoms with Crippen molar-refractivity contribution in [3.8, 4) is 11.1 Å². The number of hydrogen-bond donors (Lipinski definition) is 0. The first-order valence-corrected chi connectivity index (χ1v) is 31.1. The van der Waals surface area contributed by atoms with E-state index in [0.29, 0.717) is 5.92 Å². The van der Waals surface area contributed by atoms with Crippen LogP contribution >= 0.6 is 0 Å². The highest BCUT2D eigenvalue weighted by Crippen LogP contribution is 2.53. The summed E-state index contributed by atoms with van der Waals surface area (Å²) in [5.74, 6) is 0.496. The van der Waals surface area contributed by atoms with Gasteiger partial charge in [-0.25, -0.2) is 0 Å². The van der Waals surface area contributed by atoms with Crippen LogP contribution in [0.2, 0.25) is 0 Å². The first-order valence-electron chi connectivity index (χ1n) is 31.1. The second-order valence-corrected chi connectivity index (χ2v) is 30.1. The molecule has 0 bridgehead atoms. The van der Waals surface area contributed by atoms with Crippen molar-refractivity contribution in [2.24, 2.45) is 0 Å². The van der Waals surface area contributed by atoms with E-state index in [1.165, 1.54) is 126 Å². The topological polar surface area (TPSA) is 3.24 Å². The van der Waals surface area contributed by atoms with Crippen molar-refractivity contribution >= 4 is 40.2 Å². The van der Waals surface area contributed by atoms with Gasteiger partial charge in [0.05, 0.1) is 0 Å². The van der Waals surface area contributed by atoms with Gasteiger partial charge in [-0.05, 0) is 203 Å². The molecule has 4 aliphatic rings. The molecule has 1 unspecified atom stereocenters. The highest BCUT2D eigenvalue weighted by atomic mass is 15.2. The van der Waals surface area contributed by atoms with Crippen LogP contribution in [0.15, 0.2) is 164 Å². The number of fused-ring (bicyclic) bond motifs is 6. The van der Waals surface area contributed by atoms with Gasteiger partial charge in [-0.1, -0.05) is 248 Å². The van der Waals surface area contributed by atoms with Gasteiger partial charge in [0.15, 0.2) is 0 Å². The second-order valence-electron chi connectivity index (χ2n) is 30.1. The molecule has 8 aromatic rings. The van der Waals surface area contributed by atoms with E-state index in [1.54, 1.807) is 16.7 Å². The molecule has 2 aliphatic heterocycles. The first kappa shape index (κ1) is 55.2. The summed E-state index contributed by atoms with van der Waals surface area (Å²) in [5, 5.41) is 0. The molecule has 8 aromatic carbocycles. The molecule has 0 aromatic heterocycles. The van der Waals surface area contributed by atoms with E-state index in [0.717, 1.165) is 25.7 Å². The summed E-state index contributed by atoms with van der Waals surface area (Å²) in [6, 6.07) is 65.0. The number of rotatable bonds is 10. The first-order chi connectivity index (χ1) is 38.3. The summed E-state index contributed by atoms with van der Waals surface area (Å²) in [6.07, 6.45) is 8.76. The fraction of sp³-hybridized carbons (Fsp3) is 0.392. The van der Waals surface area contributed by atoms with Crippen molar-refractivity contribution in [3.63, 3.8) is 0 Å². The quantitative estimate of drug-likeness (QED) is 0.123. The zero-order chi connectivity index (χ0) is 57.2. The van der Waals surface area contributed by atoms with Gasteiger partial charge in [0.2, 0.25) is 6.71 Å². The third kappa shape index (κ3) is 9.87. The minimum absolute atomic E-state index is 0.0452. The van der Waals surface area contributed by atoms with Crippen LogP contribution < -0.4 is 21.3 Å². The van der Waals surface area contributed by atoms with Crippen LogP contribution in [0.5, 0.6) is 0 Å². The molecule has 2 aliphatic carbocycles. The standard InChI is InChI=1S/C79H90BN/c1-51-43-64-67(79(14,15)42-39-76(64,8)9)50-70(51)81-71-44-52(31-36-59(53-25-19-16-20-26-53)54-27-21-17-22-28-54)32-38-68(71)80-69-49-66-65(77(10,11)40-41-78(66,12)13)48-62(69)60(63-46-58(75(5,6)7)47-72(81)73(63)80)37-34-56-33-35-57(74(2,3)4)45-61(56)55-29-23-18-24-30-55/h16-30,32-33,35,38,43-50,59-60H,31,34,36-37,39-42H2,1-15H3. The maximum atomic E-state index is 2.80. The molecule has 0 fully saturated rings. The molecule has 12 rings (SSSR count). The normalized spacial score (nSPS) is 18.1. The molecule has 0 amide bonds. The predicted molar refractivity (Wildman–Crippen MR) is 350 cm³/mol. The van der Waals surface area contributed by atoms with E-state index in [2.05, 4.69) is 273 Å². The largest absolute Gasteiger partial charge is 0.311 e. The van der Waals surface area contributed by atoms with Gasteiger partial charge in [-0.3, -0.25) is 0 Å². The number of aryl methyl sites for hydroxylation is 3. The van der Waals surface area contributed by atoms with Crippen molar-refractivity contribution in [2.75, 3.05) is 4.90 Å². The Morgan fingerprint density at radius 1 is 0.481 bits per heavy atom. The van der Waals surface area contributed by atoms with Crippen molar-refractivity contribution in [1.29, 1.82) is 0 Å². The lowest BCUT2D eigenvalue weighted by molar-refractivity contribution is 0.331. The van der Waals surface area contributed by atoms with Crippen LogP contribution in [-0.2, 0) is 45.3 Å². The lowest BCUT2D eigenvalue weighted by Gasteiger charge is -2.47. The number of benzene rings is 8. The fourth-order valence-electron chi connectivity index (χ4n) is 15.2. The van der Waals surface area contributed by atoms with Crippen molar-refractivity contribution < 1.29 is 0 Å². The van der Waals surface area contributed by atoms with Crippen LogP contribution in [0.4, 0.5) is 17.1 Å². The van der Waals surface area contributed by atoms with Gasteiger partial charge in [-0.15, -0.1) is 0 Å². The average molecular weight is 1060 g/mol. The van der Waals surface area contributed by atoms with Gasteiger partial charge >= 0.3 is 0 Å². The molecule has 0 N–H and O–H groups in total. The molecule has 0 saturated carbocycles. The molecule has 1 nitrogen and oxygen atoms in total. The van der Waals surface area contributed by atoms with E-state index >= 15 is 0 Å². The van der Waals surface area contributed by atoms with Crippen molar-refractivity contribution in [1.82, 2.24) is 0 Å². The van der Waals surface area contributed by atoms with Gasteiger partial charge in [0, 0.05) is 28.9 Å². The van der Waals surface area contributed by atoms with Crippen LogP contribution in [0.3, 0.4) is 0 Å².